The van der Waals surface area contributed by atoms with Gasteiger partial charge in [-0.1, -0.05) is 25.7 Å². The van der Waals surface area contributed by atoms with E-state index in [1.807, 2.05) is 6.92 Å². The van der Waals surface area contributed by atoms with Crippen LogP contribution < -0.4 is 0 Å². The van der Waals surface area contributed by atoms with E-state index in [2.05, 4.69) is 4.90 Å². The number of hydrogen-bond donors (Lipinski definition) is 1. The molecule has 94 valence electrons. The maximum atomic E-state index is 10.1. The van der Waals surface area contributed by atoms with E-state index in [1.165, 1.54) is 51.5 Å². The topological polar surface area (TPSA) is 23.5 Å². The van der Waals surface area contributed by atoms with Crippen LogP contribution >= 0.6 is 0 Å². The van der Waals surface area contributed by atoms with Crippen molar-refractivity contribution in [3.63, 3.8) is 0 Å². The number of rotatable bonds is 1. The van der Waals surface area contributed by atoms with Crippen LogP contribution in [0.25, 0.3) is 0 Å². The van der Waals surface area contributed by atoms with Crippen molar-refractivity contribution >= 4 is 0 Å². The first kappa shape index (κ1) is 12.4. The highest BCUT2D eigenvalue weighted by Crippen LogP contribution is 2.27. The molecular weight excluding hydrogens is 198 g/mol. The molecule has 0 aromatic heterocycles. The van der Waals surface area contributed by atoms with Gasteiger partial charge < -0.3 is 10.0 Å². The minimum atomic E-state index is -0.403. The molecule has 1 saturated heterocycles. The first-order chi connectivity index (χ1) is 7.67. The molecule has 2 fully saturated rings. The fourth-order valence-electron chi connectivity index (χ4n) is 3.27. The SMILES string of the molecule is CC1(O)CCCN(C2CCCCCC2)CC1. The summed E-state index contributed by atoms with van der Waals surface area (Å²) in [5.74, 6) is 0. The number of likely N-dealkylation sites (tertiary alicyclic amines) is 1. The average Bonchev–Trinajstić information content (AvgIpc) is 2.58. The lowest BCUT2D eigenvalue weighted by Crippen LogP contribution is -2.36. The van der Waals surface area contributed by atoms with Crippen molar-refractivity contribution in [3.8, 4) is 0 Å². The molecule has 0 aromatic carbocycles. The largest absolute Gasteiger partial charge is 0.390 e. The summed E-state index contributed by atoms with van der Waals surface area (Å²) in [6.45, 7) is 4.32. The van der Waals surface area contributed by atoms with E-state index in [9.17, 15) is 5.11 Å². The highest BCUT2D eigenvalue weighted by molar-refractivity contribution is 4.83. The third-order valence-electron chi connectivity index (χ3n) is 4.44. The van der Waals surface area contributed by atoms with Crippen molar-refractivity contribution in [2.45, 2.75) is 76.4 Å². The van der Waals surface area contributed by atoms with Gasteiger partial charge in [-0.3, -0.25) is 0 Å². The molecule has 0 amide bonds. The molecule has 1 heterocycles. The van der Waals surface area contributed by atoms with Crippen molar-refractivity contribution in [2.75, 3.05) is 13.1 Å². The first-order valence-electron chi connectivity index (χ1n) is 7.14. The molecule has 0 spiro atoms. The van der Waals surface area contributed by atoms with Gasteiger partial charge in [0.1, 0.15) is 0 Å². The average molecular weight is 225 g/mol. The normalized spacial score (nSPS) is 35.6. The summed E-state index contributed by atoms with van der Waals surface area (Å²) in [4.78, 5) is 2.66. The molecule has 0 aromatic rings. The van der Waals surface area contributed by atoms with Crippen LogP contribution in [0.3, 0.4) is 0 Å². The van der Waals surface area contributed by atoms with Gasteiger partial charge in [0.25, 0.3) is 0 Å². The monoisotopic (exact) mass is 225 g/mol. The van der Waals surface area contributed by atoms with Gasteiger partial charge in [0.2, 0.25) is 0 Å². The molecule has 0 radical (unpaired) electrons. The van der Waals surface area contributed by atoms with Gasteiger partial charge in [0, 0.05) is 12.6 Å². The highest BCUT2D eigenvalue weighted by atomic mass is 16.3. The van der Waals surface area contributed by atoms with E-state index >= 15 is 0 Å². The summed E-state index contributed by atoms with van der Waals surface area (Å²) in [5, 5.41) is 10.1. The number of aliphatic hydroxyl groups is 1. The molecular formula is C14H27NO. The van der Waals surface area contributed by atoms with Gasteiger partial charge >= 0.3 is 0 Å². The summed E-state index contributed by atoms with van der Waals surface area (Å²) in [7, 11) is 0. The third-order valence-corrected chi connectivity index (χ3v) is 4.44. The Morgan fingerprint density at radius 3 is 2.31 bits per heavy atom. The molecule has 1 aliphatic heterocycles. The minimum absolute atomic E-state index is 0.403. The van der Waals surface area contributed by atoms with Gasteiger partial charge in [-0.2, -0.15) is 0 Å². The highest BCUT2D eigenvalue weighted by Gasteiger charge is 2.28. The van der Waals surface area contributed by atoms with Crippen LogP contribution in [0.15, 0.2) is 0 Å². The van der Waals surface area contributed by atoms with E-state index in [0.717, 1.165) is 25.4 Å². The summed E-state index contributed by atoms with van der Waals surface area (Å²) < 4.78 is 0. The van der Waals surface area contributed by atoms with Crippen LogP contribution in [0.1, 0.15) is 64.7 Å². The smallest absolute Gasteiger partial charge is 0.0632 e. The fourth-order valence-corrected chi connectivity index (χ4v) is 3.27. The zero-order chi connectivity index (χ0) is 11.4. The molecule has 1 saturated carbocycles. The van der Waals surface area contributed by atoms with Crippen molar-refractivity contribution in [2.24, 2.45) is 0 Å². The summed E-state index contributed by atoms with van der Waals surface area (Å²) >= 11 is 0. The van der Waals surface area contributed by atoms with Gasteiger partial charge in [0.05, 0.1) is 5.60 Å². The van der Waals surface area contributed by atoms with Gasteiger partial charge in [-0.15, -0.1) is 0 Å². The second kappa shape index (κ2) is 5.50. The van der Waals surface area contributed by atoms with E-state index in [4.69, 9.17) is 0 Å². The van der Waals surface area contributed by atoms with Crippen LogP contribution in [0.2, 0.25) is 0 Å². The van der Waals surface area contributed by atoms with E-state index in [1.54, 1.807) is 0 Å². The predicted octanol–water partition coefficient (Wildman–Crippen LogP) is 2.95. The molecule has 1 atom stereocenters. The number of hydrogen-bond acceptors (Lipinski definition) is 2. The first-order valence-corrected chi connectivity index (χ1v) is 7.14. The maximum Gasteiger partial charge on any atom is 0.0632 e. The van der Waals surface area contributed by atoms with Crippen LogP contribution in [-0.2, 0) is 0 Å². The Labute approximate surface area is 100 Å². The summed E-state index contributed by atoms with van der Waals surface area (Å²) in [6.07, 6.45) is 11.6. The van der Waals surface area contributed by atoms with Gasteiger partial charge in [-0.25, -0.2) is 0 Å². The maximum absolute atomic E-state index is 10.1. The lowest BCUT2D eigenvalue weighted by Gasteiger charge is -2.30. The Morgan fingerprint density at radius 2 is 1.62 bits per heavy atom. The van der Waals surface area contributed by atoms with Crippen LogP contribution in [0, 0.1) is 0 Å². The second-order valence-corrected chi connectivity index (χ2v) is 6.03. The Bertz CT molecular complexity index is 207. The van der Waals surface area contributed by atoms with Gasteiger partial charge in [0.15, 0.2) is 0 Å². The van der Waals surface area contributed by atoms with Crippen molar-refractivity contribution < 1.29 is 5.11 Å². The van der Waals surface area contributed by atoms with E-state index in [0.29, 0.717) is 0 Å². The Balaban J connectivity index is 1.88. The minimum Gasteiger partial charge on any atom is -0.390 e. The van der Waals surface area contributed by atoms with Crippen LogP contribution in [0.4, 0.5) is 0 Å². The zero-order valence-corrected chi connectivity index (χ0v) is 10.7. The standard InChI is InChI=1S/C14H27NO/c1-14(16)9-6-11-15(12-10-14)13-7-4-2-3-5-8-13/h13,16H,2-12H2,1H3. The van der Waals surface area contributed by atoms with Crippen molar-refractivity contribution in [1.29, 1.82) is 0 Å². The molecule has 1 aliphatic carbocycles. The van der Waals surface area contributed by atoms with Crippen LogP contribution in [0.5, 0.6) is 0 Å². The Morgan fingerprint density at radius 1 is 0.938 bits per heavy atom. The Hall–Kier alpha value is -0.0800. The van der Waals surface area contributed by atoms with Gasteiger partial charge in [-0.05, 0) is 45.6 Å². The molecule has 2 nitrogen and oxygen atoms in total. The fraction of sp³-hybridized carbons (Fsp3) is 1.00. The summed E-state index contributed by atoms with van der Waals surface area (Å²) in [6, 6.07) is 0.816. The number of nitrogens with zero attached hydrogens (tertiary/aromatic N) is 1. The third kappa shape index (κ3) is 3.46. The molecule has 2 aliphatic rings. The Kier molecular flexibility index (Phi) is 4.26. The quantitative estimate of drug-likeness (QED) is 0.694. The lowest BCUT2D eigenvalue weighted by atomic mass is 9.98. The van der Waals surface area contributed by atoms with Crippen molar-refractivity contribution in [1.82, 2.24) is 4.90 Å². The molecule has 2 rings (SSSR count). The zero-order valence-electron chi connectivity index (χ0n) is 10.7. The van der Waals surface area contributed by atoms with E-state index in [-0.39, 0.29) is 0 Å². The van der Waals surface area contributed by atoms with Crippen molar-refractivity contribution in [3.05, 3.63) is 0 Å². The second-order valence-electron chi connectivity index (χ2n) is 6.03. The lowest BCUT2D eigenvalue weighted by molar-refractivity contribution is 0.0426. The van der Waals surface area contributed by atoms with Crippen LogP contribution in [-0.4, -0.2) is 34.7 Å². The summed E-state index contributed by atoms with van der Waals surface area (Å²) in [5.41, 5.74) is -0.403. The molecule has 16 heavy (non-hydrogen) atoms. The molecule has 1 unspecified atom stereocenters. The predicted molar refractivity (Wildman–Crippen MR) is 67.5 cm³/mol. The van der Waals surface area contributed by atoms with E-state index < -0.39 is 5.60 Å². The molecule has 2 heteroatoms. The molecule has 0 bridgehead atoms. The molecule has 1 N–H and O–H groups in total.